The zero-order valence-corrected chi connectivity index (χ0v) is 13.6. The predicted octanol–water partition coefficient (Wildman–Crippen LogP) is 4.88. The molecule has 2 rings (SSSR count). The Labute approximate surface area is 139 Å². The Kier molecular flexibility index (Phi) is 6.34. The van der Waals surface area contributed by atoms with Gasteiger partial charge >= 0.3 is 12.5 Å². The van der Waals surface area contributed by atoms with E-state index in [1.54, 1.807) is 6.07 Å². The maximum atomic E-state index is 12.3. The minimum Gasteiger partial charge on any atom is -0.444 e. The Balaban J connectivity index is 1.87. The summed E-state index contributed by atoms with van der Waals surface area (Å²) in [6, 6.07) is 5.65. The van der Waals surface area contributed by atoms with Crippen LogP contribution in [0.2, 0.25) is 0 Å². The van der Waals surface area contributed by atoms with E-state index in [1.165, 1.54) is 23.1 Å². The lowest BCUT2D eigenvalue weighted by atomic mass is 10.1. The molecule has 1 fully saturated rings. The molecule has 1 amide bonds. The summed E-state index contributed by atoms with van der Waals surface area (Å²) in [6.45, 7) is 2.81. The Morgan fingerprint density at radius 3 is 2.79 bits per heavy atom. The van der Waals surface area contributed by atoms with Crippen LogP contribution >= 0.6 is 0 Å². The number of hydrogen-bond donors (Lipinski definition) is 0. The van der Waals surface area contributed by atoms with Crippen LogP contribution in [0.3, 0.4) is 0 Å². The van der Waals surface area contributed by atoms with Gasteiger partial charge in [0.15, 0.2) is 0 Å². The second-order valence-electron chi connectivity index (χ2n) is 5.93. The molecule has 4 nitrogen and oxygen atoms in total. The predicted molar refractivity (Wildman–Crippen MR) is 82.6 cm³/mol. The lowest BCUT2D eigenvalue weighted by molar-refractivity contribution is -0.274. The van der Waals surface area contributed by atoms with E-state index >= 15 is 0 Å². The second kappa shape index (κ2) is 8.26. The van der Waals surface area contributed by atoms with Crippen molar-refractivity contribution in [3.05, 3.63) is 29.8 Å². The Morgan fingerprint density at radius 2 is 2.08 bits per heavy atom. The van der Waals surface area contributed by atoms with Gasteiger partial charge in [-0.05, 0) is 30.5 Å². The average Bonchev–Trinajstić information content (AvgIpc) is 2.82. The van der Waals surface area contributed by atoms with Gasteiger partial charge in [0.25, 0.3) is 0 Å². The molecule has 0 bridgehead atoms. The van der Waals surface area contributed by atoms with Gasteiger partial charge in [0.2, 0.25) is 0 Å². The third-order valence-corrected chi connectivity index (χ3v) is 3.83. The molecule has 134 valence electrons. The van der Waals surface area contributed by atoms with E-state index in [0.717, 1.165) is 32.1 Å². The molecule has 1 unspecified atom stereocenters. The monoisotopic (exact) mass is 345 g/mol. The summed E-state index contributed by atoms with van der Waals surface area (Å²) in [7, 11) is 0. The maximum absolute atomic E-state index is 12.3. The van der Waals surface area contributed by atoms with Gasteiger partial charge < -0.3 is 14.4 Å². The molecular formula is C17H22F3NO3. The summed E-state index contributed by atoms with van der Waals surface area (Å²) in [4.78, 5) is 13.4. The highest BCUT2D eigenvalue weighted by atomic mass is 19.4. The highest BCUT2D eigenvalue weighted by Gasteiger charge is 2.32. The fourth-order valence-corrected chi connectivity index (χ4v) is 2.71. The lowest BCUT2D eigenvalue weighted by Crippen LogP contribution is -2.24. The summed E-state index contributed by atoms with van der Waals surface area (Å²) in [6.07, 6.45) is -0.0328. The van der Waals surface area contributed by atoms with Gasteiger partial charge in [0, 0.05) is 6.54 Å². The third kappa shape index (κ3) is 5.94. The first-order valence-electron chi connectivity index (χ1n) is 8.17. The van der Waals surface area contributed by atoms with E-state index in [-0.39, 0.29) is 18.4 Å². The number of rotatable bonds is 8. The highest BCUT2D eigenvalue weighted by Crippen LogP contribution is 2.25. The molecule has 7 heteroatoms. The van der Waals surface area contributed by atoms with Crippen LogP contribution in [0.15, 0.2) is 24.3 Å². The van der Waals surface area contributed by atoms with Crippen molar-refractivity contribution in [2.45, 2.75) is 58.0 Å². The number of amides is 1. The Morgan fingerprint density at radius 1 is 1.29 bits per heavy atom. The van der Waals surface area contributed by atoms with E-state index < -0.39 is 12.5 Å². The van der Waals surface area contributed by atoms with Crippen molar-refractivity contribution in [1.29, 1.82) is 0 Å². The molecule has 1 aliphatic heterocycles. The summed E-state index contributed by atoms with van der Waals surface area (Å²) in [5.41, 5.74) is 0.570. The van der Waals surface area contributed by atoms with Crippen molar-refractivity contribution >= 4 is 6.09 Å². The lowest BCUT2D eigenvalue weighted by Gasteiger charge is -2.14. The summed E-state index contributed by atoms with van der Waals surface area (Å²) >= 11 is 0. The molecule has 0 aliphatic carbocycles. The van der Waals surface area contributed by atoms with Crippen LogP contribution < -0.4 is 4.74 Å². The van der Waals surface area contributed by atoms with Crippen LogP contribution in [-0.2, 0) is 11.3 Å². The molecule has 0 spiro atoms. The summed E-state index contributed by atoms with van der Waals surface area (Å²) in [5.74, 6) is -0.288. The molecule has 1 aromatic rings. The van der Waals surface area contributed by atoms with Gasteiger partial charge in [-0.15, -0.1) is 13.2 Å². The standard InChI is InChI=1S/C17H22F3NO3/c1-2-3-4-5-8-15-12-21(16(22)23-15)11-13-7-6-9-14(10-13)24-17(18,19)20/h6-7,9-10,15H,2-5,8,11-12H2,1H3. The van der Waals surface area contributed by atoms with Crippen LogP contribution in [0.5, 0.6) is 5.75 Å². The minimum absolute atomic E-state index is 0.135. The maximum Gasteiger partial charge on any atom is 0.573 e. The quantitative estimate of drug-likeness (QED) is 0.631. The minimum atomic E-state index is -4.73. The van der Waals surface area contributed by atoms with E-state index in [4.69, 9.17) is 4.74 Å². The summed E-state index contributed by atoms with van der Waals surface area (Å²) < 4.78 is 46.0. The second-order valence-corrected chi connectivity index (χ2v) is 5.93. The fourth-order valence-electron chi connectivity index (χ4n) is 2.71. The fraction of sp³-hybridized carbons (Fsp3) is 0.588. The van der Waals surface area contributed by atoms with Gasteiger partial charge in [0.05, 0.1) is 6.54 Å². The number of hydrogen-bond acceptors (Lipinski definition) is 3. The number of cyclic esters (lactones) is 1. The van der Waals surface area contributed by atoms with Gasteiger partial charge in [-0.1, -0.05) is 38.3 Å². The van der Waals surface area contributed by atoms with Gasteiger partial charge in [-0.3, -0.25) is 0 Å². The first-order valence-corrected chi connectivity index (χ1v) is 8.17. The Hall–Kier alpha value is -1.92. The molecule has 24 heavy (non-hydrogen) atoms. The first kappa shape index (κ1) is 18.4. The van der Waals surface area contributed by atoms with Crippen molar-refractivity contribution < 1.29 is 27.4 Å². The first-order chi connectivity index (χ1) is 11.4. The number of carbonyl (C=O) groups excluding carboxylic acids is 1. The van der Waals surface area contributed by atoms with Gasteiger partial charge in [0.1, 0.15) is 11.9 Å². The molecular weight excluding hydrogens is 323 g/mol. The smallest absolute Gasteiger partial charge is 0.444 e. The number of alkyl halides is 3. The molecule has 0 saturated carbocycles. The molecule has 1 aromatic carbocycles. The molecule has 1 aliphatic rings. The molecule has 0 N–H and O–H groups in total. The van der Waals surface area contributed by atoms with Crippen molar-refractivity contribution in [3.63, 3.8) is 0 Å². The van der Waals surface area contributed by atoms with E-state index in [9.17, 15) is 18.0 Å². The number of ether oxygens (including phenoxy) is 2. The average molecular weight is 345 g/mol. The molecule has 0 radical (unpaired) electrons. The molecule has 0 aromatic heterocycles. The molecule has 1 atom stereocenters. The van der Waals surface area contributed by atoms with Crippen molar-refractivity contribution in [3.8, 4) is 5.75 Å². The van der Waals surface area contributed by atoms with E-state index in [0.29, 0.717) is 12.1 Å². The van der Waals surface area contributed by atoms with Crippen LogP contribution in [0.1, 0.15) is 44.6 Å². The van der Waals surface area contributed by atoms with Crippen molar-refractivity contribution in [2.24, 2.45) is 0 Å². The topological polar surface area (TPSA) is 38.8 Å². The van der Waals surface area contributed by atoms with Crippen LogP contribution in [0.25, 0.3) is 0 Å². The van der Waals surface area contributed by atoms with Crippen molar-refractivity contribution in [1.82, 2.24) is 4.90 Å². The van der Waals surface area contributed by atoms with E-state index in [1.807, 2.05) is 0 Å². The third-order valence-electron chi connectivity index (χ3n) is 3.83. The highest BCUT2D eigenvalue weighted by molar-refractivity contribution is 5.69. The number of benzene rings is 1. The largest absolute Gasteiger partial charge is 0.573 e. The van der Waals surface area contributed by atoms with E-state index in [2.05, 4.69) is 11.7 Å². The number of unbranched alkanes of at least 4 members (excludes halogenated alkanes) is 3. The number of nitrogens with zero attached hydrogens (tertiary/aromatic N) is 1. The normalized spacial score (nSPS) is 17.9. The number of halogens is 3. The van der Waals surface area contributed by atoms with Gasteiger partial charge in [-0.2, -0.15) is 0 Å². The zero-order chi connectivity index (χ0) is 17.6. The van der Waals surface area contributed by atoms with Crippen molar-refractivity contribution in [2.75, 3.05) is 6.54 Å². The zero-order valence-electron chi connectivity index (χ0n) is 13.6. The Bertz CT molecular complexity index is 548. The molecule has 1 heterocycles. The van der Waals surface area contributed by atoms with Crippen LogP contribution in [0.4, 0.5) is 18.0 Å². The summed E-state index contributed by atoms with van der Waals surface area (Å²) in [5, 5.41) is 0. The van der Waals surface area contributed by atoms with Crippen LogP contribution in [-0.4, -0.2) is 30.0 Å². The van der Waals surface area contributed by atoms with Crippen LogP contribution in [0, 0.1) is 0 Å². The SMILES string of the molecule is CCCCCCC1CN(Cc2cccc(OC(F)(F)F)c2)C(=O)O1. The molecule has 1 saturated heterocycles. The number of carbonyl (C=O) groups is 1. The van der Waals surface area contributed by atoms with Gasteiger partial charge in [-0.25, -0.2) is 4.79 Å².